The Labute approximate surface area is 137 Å². The Morgan fingerprint density at radius 1 is 0.818 bits per heavy atom. The monoisotopic (exact) mass is 313 g/mol. The lowest BCUT2D eigenvalue weighted by Crippen LogP contribution is -1.99. The second kappa shape index (κ2) is 18.2. The van der Waals surface area contributed by atoms with Crippen molar-refractivity contribution in [1.82, 2.24) is 0 Å². The van der Waals surface area contributed by atoms with E-state index in [1.807, 2.05) is 0 Å². The average Bonchev–Trinajstić information content (AvgIpc) is 2.52. The molecule has 0 aliphatic heterocycles. The fourth-order valence-electron chi connectivity index (χ4n) is 2.52. The van der Waals surface area contributed by atoms with E-state index in [1.165, 1.54) is 83.0 Å². The summed E-state index contributed by atoms with van der Waals surface area (Å²) in [5.74, 6) is -0.173. The van der Waals surface area contributed by atoms with Gasteiger partial charge in [-0.05, 0) is 6.42 Å². The highest BCUT2D eigenvalue weighted by molar-refractivity contribution is 5.69. The van der Waals surface area contributed by atoms with Crippen LogP contribution in [0.4, 0.5) is 0 Å². The van der Waals surface area contributed by atoms with Crippen LogP contribution in [0.1, 0.15) is 96.8 Å². The highest BCUT2D eigenvalue weighted by atomic mass is 16.5. The van der Waals surface area contributed by atoms with Gasteiger partial charge in [0.2, 0.25) is 0 Å². The number of hydrogen-bond donors (Lipinski definition) is 0. The van der Waals surface area contributed by atoms with E-state index in [4.69, 9.17) is 9.84 Å². The van der Waals surface area contributed by atoms with Crippen LogP contribution in [-0.4, -0.2) is 17.7 Å². The van der Waals surface area contributed by atoms with Crippen molar-refractivity contribution in [3.05, 3.63) is 12.3 Å². The van der Waals surface area contributed by atoms with Gasteiger partial charge < -0.3 is 9.84 Å². The van der Waals surface area contributed by atoms with Gasteiger partial charge in [0.1, 0.15) is 0 Å². The first kappa shape index (κ1) is 21.2. The van der Waals surface area contributed by atoms with Crippen LogP contribution in [0.5, 0.6) is 0 Å². The van der Waals surface area contributed by atoms with Crippen LogP contribution in [0.3, 0.4) is 0 Å². The van der Waals surface area contributed by atoms with E-state index in [0.717, 1.165) is 12.8 Å². The molecule has 2 N–H and O–H groups in total. The molecule has 0 aromatic carbocycles. The number of hydrogen-bond acceptors (Lipinski definition) is 2. The molecule has 0 bridgehead atoms. The summed E-state index contributed by atoms with van der Waals surface area (Å²) in [7, 11) is 0. The molecule has 0 amide bonds. The van der Waals surface area contributed by atoms with Crippen LogP contribution in [0.25, 0.3) is 0 Å². The van der Waals surface area contributed by atoms with Crippen LogP contribution < -0.4 is 0 Å². The van der Waals surface area contributed by atoms with Crippen molar-refractivity contribution < 1.29 is 14.6 Å². The summed E-state index contributed by atoms with van der Waals surface area (Å²) < 4.78 is 4.85. The van der Waals surface area contributed by atoms with Crippen LogP contribution in [0.15, 0.2) is 12.3 Å². The fraction of sp³-hybridized carbons (Fsp3) is 0.842. The molecule has 0 rings (SSSR count). The van der Waals surface area contributed by atoms with Gasteiger partial charge in [0, 0.05) is 12.5 Å². The lowest BCUT2D eigenvalue weighted by atomic mass is 10.0. The Morgan fingerprint density at radius 3 is 1.73 bits per heavy atom. The van der Waals surface area contributed by atoms with Gasteiger partial charge in [0.05, 0.1) is 6.26 Å². The molecule has 0 fully saturated rings. The molecule has 0 saturated carbocycles. The van der Waals surface area contributed by atoms with E-state index in [-0.39, 0.29) is 12.6 Å². The minimum absolute atomic E-state index is 0.159. The van der Waals surface area contributed by atoms with E-state index < -0.39 is 0 Å². The van der Waals surface area contributed by atoms with Crippen molar-refractivity contribution in [2.75, 3.05) is 6.61 Å². The summed E-state index contributed by atoms with van der Waals surface area (Å²) in [5.41, 5.74) is 0. The normalized spacial score (nSPS) is 11.2. The molecular weight excluding hydrogens is 276 g/mol. The average molecular weight is 314 g/mol. The number of carbonyl (C=O) groups excluding carboxylic acids is 1. The predicted octanol–water partition coefficient (Wildman–Crippen LogP) is 5.25. The fourth-order valence-corrected chi connectivity index (χ4v) is 2.52. The second-order valence-corrected chi connectivity index (χ2v) is 6.06. The lowest BCUT2D eigenvalue weighted by molar-refractivity contribution is -0.138. The molecule has 0 spiro atoms. The third-order valence-corrected chi connectivity index (χ3v) is 3.90. The maximum atomic E-state index is 11.3. The molecule has 0 unspecified atom stereocenters. The third-order valence-electron chi connectivity index (χ3n) is 3.90. The zero-order valence-electron chi connectivity index (χ0n) is 14.6. The minimum Gasteiger partial charge on any atom is -0.442 e. The number of unbranched alkanes of at least 4 members (excludes halogenated alkanes) is 12. The van der Waals surface area contributed by atoms with Crippen LogP contribution in [-0.2, 0) is 9.53 Å². The molecule has 3 heteroatoms. The largest absolute Gasteiger partial charge is 0.442 e. The number of esters is 1. The lowest BCUT2D eigenvalue weighted by Gasteiger charge is -2.03. The zero-order valence-corrected chi connectivity index (χ0v) is 14.6. The van der Waals surface area contributed by atoms with Gasteiger partial charge in [-0.2, -0.15) is 0 Å². The number of carbonyl (C=O) groups is 1. The first-order chi connectivity index (χ1) is 10.8. The SMILES string of the molecule is CCCCCCCCCCCCCCCC(=O)O/C=C/C[OH2+]. The van der Waals surface area contributed by atoms with Crippen LogP contribution in [0, 0.1) is 0 Å². The summed E-state index contributed by atoms with van der Waals surface area (Å²) in [5, 5.41) is 6.88. The summed E-state index contributed by atoms with van der Waals surface area (Å²) in [4.78, 5) is 11.3. The van der Waals surface area contributed by atoms with Crippen molar-refractivity contribution in [2.24, 2.45) is 0 Å². The van der Waals surface area contributed by atoms with E-state index in [1.54, 1.807) is 0 Å². The van der Waals surface area contributed by atoms with Crippen molar-refractivity contribution in [3.8, 4) is 0 Å². The number of rotatable bonds is 16. The van der Waals surface area contributed by atoms with Crippen molar-refractivity contribution >= 4 is 5.97 Å². The minimum atomic E-state index is -0.173. The first-order valence-corrected chi connectivity index (χ1v) is 9.30. The molecule has 0 aliphatic rings. The maximum Gasteiger partial charge on any atom is 0.310 e. The molecule has 0 heterocycles. The topological polar surface area (TPSA) is 49.2 Å². The molecule has 3 nitrogen and oxygen atoms in total. The molecular formula is C19H37O3+. The molecule has 0 aromatic rings. The second-order valence-electron chi connectivity index (χ2n) is 6.06. The summed E-state index contributed by atoms with van der Waals surface area (Å²) >= 11 is 0. The molecule has 0 aromatic heterocycles. The van der Waals surface area contributed by atoms with Crippen LogP contribution in [0.2, 0.25) is 0 Å². The molecule has 0 saturated heterocycles. The van der Waals surface area contributed by atoms with E-state index in [9.17, 15) is 4.79 Å². The Balaban J connectivity index is 3.11. The molecule has 0 radical (unpaired) electrons. The van der Waals surface area contributed by atoms with Gasteiger partial charge in [-0.15, -0.1) is 0 Å². The molecule has 130 valence electrons. The Hall–Kier alpha value is -0.830. The zero-order chi connectivity index (χ0) is 16.3. The van der Waals surface area contributed by atoms with Crippen LogP contribution >= 0.6 is 0 Å². The van der Waals surface area contributed by atoms with Crippen molar-refractivity contribution in [1.29, 1.82) is 0 Å². The first-order valence-electron chi connectivity index (χ1n) is 9.30. The standard InChI is InChI=1S/C19H36O3/c1-2-3-4-5-6-7-8-9-10-11-12-13-14-16-19(21)22-18-15-17-20/h15,18,20H,2-14,16-17H2,1H3/p+1/b18-15+. The van der Waals surface area contributed by atoms with E-state index >= 15 is 0 Å². The molecule has 22 heavy (non-hydrogen) atoms. The van der Waals surface area contributed by atoms with Gasteiger partial charge in [-0.1, -0.05) is 84.0 Å². The van der Waals surface area contributed by atoms with Gasteiger partial charge in [-0.25, -0.2) is 0 Å². The van der Waals surface area contributed by atoms with Gasteiger partial charge >= 0.3 is 5.97 Å². The molecule has 0 aliphatic carbocycles. The Kier molecular flexibility index (Phi) is 17.5. The molecule has 0 atom stereocenters. The van der Waals surface area contributed by atoms with E-state index in [0.29, 0.717) is 6.42 Å². The Bertz CT molecular complexity index is 261. The predicted molar refractivity (Wildman–Crippen MR) is 94.0 cm³/mol. The van der Waals surface area contributed by atoms with Crippen molar-refractivity contribution in [2.45, 2.75) is 96.8 Å². The van der Waals surface area contributed by atoms with E-state index in [2.05, 4.69) is 6.92 Å². The van der Waals surface area contributed by atoms with Gasteiger partial charge in [0.15, 0.2) is 6.61 Å². The third kappa shape index (κ3) is 17.2. The Morgan fingerprint density at radius 2 is 1.27 bits per heavy atom. The quantitative estimate of drug-likeness (QED) is 0.169. The maximum absolute atomic E-state index is 11.3. The summed E-state index contributed by atoms with van der Waals surface area (Å²) in [6.07, 6.45) is 20.4. The number of ether oxygens (including phenoxy) is 1. The smallest absolute Gasteiger partial charge is 0.310 e. The summed E-state index contributed by atoms with van der Waals surface area (Å²) in [6.45, 7) is 2.42. The van der Waals surface area contributed by atoms with Gasteiger partial charge in [0.25, 0.3) is 0 Å². The highest BCUT2D eigenvalue weighted by Crippen LogP contribution is 2.13. The van der Waals surface area contributed by atoms with Gasteiger partial charge in [-0.3, -0.25) is 4.79 Å². The highest BCUT2D eigenvalue weighted by Gasteiger charge is 2.00. The van der Waals surface area contributed by atoms with Crippen molar-refractivity contribution in [3.63, 3.8) is 0 Å². The summed E-state index contributed by atoms with van der Waals surface area (Å²) in [6, 6.07) is 0.